The minimum Gasteiger partial charge on any atom is -0.426 e. The molecule has 0 atom stereocenters. The second kappa shape index (κ2) is 9.88. The second-order valence-electron chi connectivity index (χ2n) is 10.4. The lowest BCUT2D eigenvalue weighted by Gasteiger charge is -2.29. The molecule has 0 amide bonds. The lowest BCUT2D eigenvalue weighted by atomic mass is 9.90. The van der Waals surface area contributed by atoms with Crippen LogP contribution in [0.5, 0.6) is 5.75 Å². The smallest absolute Gasteiger partial charge is 0.316 e. The number of ether oxygens (including phenoxy) is 1. The zero-order chi connectivity index (χ0) is 27.0. The number of aromatic nitrogens is 1. The largest absolute Gasteiger partial charge is 0.426 e. The van der Waals surface area contributed by atoms with Crippen molar-refractivity contribution in [1.29, 1.82) is 5.26 Å². The Morgan fingerprint density at radius 1 is 1.13 bits per heavy atom. The minimum atomic E-state index is -0.736. The van der Waals surface area contributed by atoms with Crippen molar-refractivity contribution in [2.45, 2.75) is 27.3 Å². The predicted molar refractivity (Wildman–Crippen MR) is 144 cm³/mol. The third-order valence-corrected chi connectivity index (χ3v) is 6.70. The maximum absolute atomic E-state index is 15.4. The molecule has 38 heavy (non-hydrogen) atoms. The maximum atomic E-state index is 15.4. The fourth-order valence-corrected chi connectivity index (χ4v) is 4.63. The van der Waals surface area contributed by atoms with E-state index in [0.29, 0.717) is 22.7 Å². The first-order chi connectivity index (χ1) is 18.2. The Labute approximate surface area is 221 Å². The van der Waals surface area contributed by atoms with Gasteiger partial charge in [0.05, 0.1) is 28.9 Å². The Hall–Kier alpha value is -4.29. The van der Waals surface area contributed by atoms with Crippen molar-refractivity contribution in [3.8, 4) is 34.2 Å². The number of hydrogen-bond donors (Lipinski definition) is 2. The normalized spacial score (nSPS) is 15.0. The monoisotopic (exact) mass is 512 g/mol. The van der Waals surface area contributed by atoms with Crippen molar-refractivity contribution in [3.05, 3.63) is 65.1 Å². The third kappa shape index (κ3) is 4.71. The highest BCUT2D eigenvalue weighted by Gasteiger charge is 2.29. The molecule has 9 heteroatoms. The molecule has 0 radical (unpaired) electrons. The van der Waals surface area contributed by atoms with Crippen molar-refractivity contribution in [3.63, 3.8) is 0 Å². The summed E-state index contributed by atoms with van der Waals surface area (Å²) in [5.74, 6) is -0.735. The Bertz CT molecular complexity index is 1480. The summed E-state index contributed by atoms with van der Waals surface area (Å²) in [7, 11) is 0. The van der Waals surface area contributed by atoms with Crippen molar-refractivity contribution in [1.82, 2.24) is 10.3 Å². The lowest BCUT2D eigenvalue weighted by molar-refractivity contribution is -0.143. The van der Waals surface area contributed by atoms with Gasteiger partial charge in [0.15, 0.2) is 0 Å². The molecule has 194 valence electrons. The fourth-order valence-electron chi connectivity index (χ4n) is 4.63. The molecule has 3 aromatic rings. The van der Waals surface area contributed by atoms with E-state index in [9.17, 15) is 10.1 Å². The van der Waals surface area contributed by atoms with Crippen LogP contribution in [0.1, 0.15) is 37.6 Å². The van der Waals surface area contributed by atoms with Crippen LogP contribution < -0.4 is 20.7 Å². The Morgan fingerprint density at radius 2 is 1.84 bits per heavy atom. The number of pyridine rings is 1. The molecule has 3 N–H and O–H groups in total. The van der Waals surface area contributed by atoms with Crippen LogP contribution in [0.3, 0.4) is 0 Å². The van der Waals surface area contributed by atoms with Crippen LogP contribution >= 0.6 is 0 Å². The number of hydrogen-bond acceptors (Lipinski definition) is 8. The summed E-state index contributed by atoms with van der Waals surface area (Å²) in [5.41, 5.74) is 9.67. The number of amidine groups is 1. The molecule has 5 rings (SSSR count). The number of nitriles is 1. The zero-order valence-electron chi connectivity index (χ0n) is 21.6. The molecule has 3 heterocycles. The number of nitrogens with one attached hydrogen (secondary N) is 1. The van der Waals surface area contributed by atoms with E-state index in [1.807, 2.05) is 24.3 Å². The first kappa shape index (κ1) is 25.4. The van der Waals surface area contributed by atoms with Crippen molar-refractivity contribution in [2.75, 3.05) is 31.1 Å². The van der Waals surface area contributed by atoms with E-state index in [1.165, 1.54) is 12.1 Å². The summed E-state index contributed by atoms with van der Waals surface area (Å²) >= 11 is 0. The van der Waals surface area contributed by atoms with Crippen molar-refractivity contribution in [2.24, 2.45) is 16.1 Å². The number of carbonyl (C=O) groups excluding carboxylic acids is 1. The highest BCUT2D eigenvalue weighted by molar-refractivity contribution is 6.08. The van der Waals surface area contributed by atoms with Gasteiger partial charge in [0, 0.05) is 54.6 Å². The molecule has 0 unspecified atom stereocenters. The molecule has 1 aromatic heterocycles. The first-order valence-corrected chi connectivity index (χ1v) is 12.5. The number of anilines is 1. The number of halogens is 1. The number of nitrogens with two attached hydrogens (primary N) is 1. The molecule has 0 spiro atoms. The summed E-state index contributed by atoms with van der Waals surface area (Å²) in [6.07, 6.45) is 0. The van der Waals surface area contributed by atoms with Gasteiger partial charge < -0.3 is 20.7 Å². The van der Waals surface area contributed by atoms with Gasteiger partial charge >= 0.3 is 5.97 Å². The molecule has 2 aromatic carbocycles. The molecular weight excluding hydrogens is 483 g/mol. The molecule has 8 nitrogen and oxygen atoms in total. The Balaban J connectivity index is 1.59. The number of carbonyl (C=O) groups is 1. The van der Waals surface area contributed by atoms with Crippen LogP contribution in [0.2, 0.25) is 0 Å². The maximum Gasteiger partial charge on any atom is 0.316 e. The van der Waals surface area contributed by atoms with Gasteiger partial charge in [0.2, 0.25) is 0 Å². The lowest BCUT2D eigenvalue weighted by Crippen LogP contribution is -2.43. The number of rotatable bonds is 4. The number of fused-ring (bicyclic) bond motifs is 1. The number of piperazine rings is 1. The van der Waals surface area contributed by atoms with Crippen LogP contribution in [0, 0.1) is 22.6 Å². The van der Waals surface area contributed by atoms with Gasteiger partial charge in [-0.3, -0.25) is 9.79 Å². The second-order valence-corrected chi connectivity index (χ2v) is 10.4. The SMILES string of the molecule is CC(C)(C)C(=O)Oc1ccc(-c2nc3c(c(-c4ccc(N5CCNCC5)cc4)c2C#N)C(N)=NC3)c(F)c1. The summed E-state index contributed by atoms with van der Waals surface area (Å²) < 4.78 is 20.8. The number of esters is 1. The fraction of sp³-hybridized carbons (Fsp3) is 0.310. The number of aliphatic imine (C=N–C) groups is 1. The standard InChI is InChI=1S/C29H29FN6O2/c1-29(2,3)28(37)38-19-8-9-20(22(30)14-19)26-21(15-31)24(25-23(35-26)16-34-27(25)32)17-4-6-18(7-5-17)36-12-10-33-11-13-36/h4-9,14,33H,10-13,16H2,1-3H3,(H2,32,34). The number of nitrogens with zero attached hydrogens (tertiary/aromatic N) is 4. The van der Waals surface area contributed by atoms with E-state index in [-0.39, 0.29) is 29.1 Å². The van der Waals surface area contributed by atoms with Crippen LogP contribution in [0.25, 0.3) is 22.4 Å². The van der Waals surface area contributed by atoms with Crippen LogP contribution in [0.15, 0.2) is 47.5 Å². The molecule has 1 saturated heterocycles. The zero-order valence-corrected chi connectivity index (χ0v) is 21.6. The topological polar surface area (TPSA) is 117 Å². The van der Waals surface area contributed by atoms with Crippen molar-refractivity contribution < 1.29 is 13.9 Å². The molecular formula is C29H29FN6O2. The van der Waals surface area contributed by atoms with Gasteiger partial charge in [-0.2, -0.15) is 5.26 Å². The van der Waals surface area contributed by atoms with Crippen LogP contribution in [-0.2, 0) is 11.3 Å². The quantitative estimate of drug-likeness (QED) is 0.401. The van der Waals surface area contributed by atoms with Gasteiger partial charge in [-0.15, -0.1) is 0 Å². The van der Waals surface area contributed by atoms with Crippen LogP contribution in [-0.4, -0.2) is 43.0 Å². The predicted octanol–water partition coefficient (Wildman–Crippen LogP) is 4.01. The summed E-state index contributed by atoms with van der Waals surface area (Å²) in [6, 6.07) is 14.3. The third-order valence-electron chi connectivity index (χ3n) is 6.70. The highest BCUT2D eigenvalue weighted by atomic mass is 19.1. The summed E-state index contributed by atoms with van der Waals surface area (Å²) in [5, 5.41) is 13.6. The summed E-state index contributed by atoms with van der Waals surface area (Å²) in [6.45, 7) is 9.09. The van der Waals surface area contributed by atoms with E-state index < -0.39 is 17.2 Å². The van der Waals surface area contributed by atoms with Gasteiger partial charge in [-0.25, -0.2) is 9.37 Å². The van der Waals surface area contributed by atoms with E-state index in [0.717, 1.165) is 43.5 Å². The van der Waals surface area contributed by atoms with Gasteiger partial charge in [-0.05, 0) is 50.6 Å². The highest BCUT2D eigenvalue weighted by Crippen LogP contribution is 2.39. The van der Waals surface area contributed by atoms with E-state index in [1.54, 1.807) is 20.8 Å². The minimum absolute atomic E-state index is 0.0853. The Morgan fingerprint density at radius 3 is 2.47 bits per heavy atom. The average molecular weight is 513 g/mol. The van der Waals surface area contributed by atoms with Gasteiger partial charge in [0.25, 0.3) is 0 Å². The van der Waals surface area contributed by atoms with Gasteiger partial charge in [-0.1, -0.05) is 12.1 Å². The molecule has 2 aliphatic rings. The molecule has 0 aliphatic carbocycles. The average Bonchev–Trinajstić information content (AvgIpc) is 3.28. The van der Waals surface area contributed by atoms with E-state index in [2.05, 4.69) is 26.3 Å². The molecule has 0 bridgehead atoms. The van der Waals surface area contributed by atoms with Crippen LogP contribution in [0.4, 0.5) is 10.1 Å². The van der Waals surface area contributed by atoms with Gasteiger partial charge in [0.1, 0.15) is 23.5 Å². The Kier molecular flexibility index (Phi) is 6.59. The molecule has 0 saturated carbocycles. The van der Waals surface area contributed by atoms with E-state index >= 15 is 4.39 Å². The number of benzene rings is 2. The molecule has 2 aliphatic heterocycles. The van der Waals surface area contributed by atoms with Crippen molar-refractivity contribution >= 4 is 17.5 Å². The first-order valence-electron chi connectivity index (χ1n) is 12.5. The van der Waals surface area contributed by atoms with E-state index in [4.69, 9.17) is 10.5 Å². The summed E-state index contributed by atoms with van der Waals surface area (Å²) in [4.78, 5) is 23.5. The molecule has 1 fully saturated rings.